The van der Waals surface area contributed by atoms with Gasteiger partial charge in [0.2, 0.25) is 11.0 Å². The molecule has 144 valence electrons. The summed E-state index contributed by atoms with van der Waals surface area (Å²) < 4.78 is 0. The van der Waals surface area contributed by atoms with Gasteiger partial charge in [0.05, 0.1) is 5.92 Å². The van der Waals surface area contributed by atoms with E-state index in [1.54, 1.807) is 0 Å². The summed E-state index contributed by atoms with van der Waals surface area (Å²) in [5.74, 6) is -0.0417. The Hall–Kier alpha value is -2.28. The highest BCUT2D eigenvalue weighted by atomic mass is 35.5. The number of benzene rings is 2. The SMILES string of the molecule is O=C(Nc1nnc(-c2ccccc2)s1)C1CCCN(Cc2ccccc2Cl)C1. The molecule has 0 bridgehead atoms. The molecule has 1 aliphatic rings. The third-order valence-electron chi connectivity index (χ3n) is 4.90. The number of hydrogen-bond donors (Lipinski definition) is 1. The summed E-state index contributed by atoms with van der Waals surface area (Å²) in [6.07, 6.45) is 1.88. The Morgan fingerprint density at radius 1 is 1.14 bits per heavy atom. The second-order valence-corrected chi connectivity index (χ2v) is 8.32. The third-order valence-corrected chi connectivity index (χ3v) is 6.16. The molecule has 28 heavy (non-hydrogen) atoms. The molecule has 1 saturated heterocycles. The average molecular weight is 413 g/mol. The van der Waals surface area contributed by atoms with E-state index in [0.717, 1.165) is 53.6 Å². The molecule has 7 heteroatoms. The van der Waals surface area contributed by atoms with Gasteiger partial charge in [0.15, 0.2) is 0 Å². The first-order chi connectivity index (χ1) is 13.7. The highest BCUT2D eigenvalue weighted by Crippen LogP contribution is 2.27. The zero-order valence-electron chi connectivity index (χ0n) is 15.3. The number of aromatic nitrogens is 2. The summed E-state index contributed by atoms with van der Waals surface area (Å²) in [4.78, 5) is 15.0. The molecule has 1 atom stereocenters. The van der Waals surface area contributed by atoms with Crippen LogP contribution in [0.15, 0.2) is 54.6 Å². The number of anilines is 1. The van der Waals surface area contributed by atoms with Crippen molar-refractivity contribution in [3.8, 4) is 10.6 Å². The van der Waals surface area contributed by atoms with Crippen LogP contribution in [0.2, 0.25) is 5.02 Å². The molecule has 0 radical (unpaired) electrons. The molecule has 1 aliphatic heterocycles. The van der Waals surface area contributed by atoms with E-state index in [9.17, 15) is 4.79 Å². The molecule has 4 rings (SSSR count). The molecule has 1 amide bonds. The maximum atomic E-state index is 12.8. The summed E-state index contributed by atoms with van der Waals surface area (Å²) in [6, 6.07) is 17.7. The number of likely N-dealkylation sites (tertiary alicyclic amines) is 1. The van der Waals surface area contributed by atoms with E-state index in [-0.39, 0.29) is 11.8 Å². The van der Waals surface area contributed by atoms with Crippen molar-refractivity contribution in [3.63, 3.8) is 0 Å². The fraction of sp³-hybridized carbons (Fsp3) is 0.286. The quantitative estimate of drug-likeness (QED) is 0.659. The fourth-order valence-corrected chi connectivity index (χ4v) is 4.41. The van der Waals surface area contributed by atoms with E-state index >= 15 is 0 Å². The van der Waals surface area contributed by atoms with Crippen LogP contribution in [-0.4, -0.2) is 34.1 Å². The van der Waals surface area contributed by atoms with E-state index in [1.807, 2.05) is 54.6 Å². The molecule has 1 fully saturated rings. The Balaban J connectivity index is 1.37. The first-order valence-electron chi connectivity index (χ1n) is 9.34. The highest BCUT2D eigenvalue weighted by Gasteiger charge is 2.27. The number of carbonyl (C=O) groups is 1. The number of nitrogens with one attached hydrogen (secondary N) is 1. The maximum absolute atomic E-state index is 12.8. The molecular formula is C21H21ClN4OS. The second-order valence-electron chi connectivity index (χ2n) is 6.93. The summed E-state index contributed by atoms with van der Waals surface area (Å²) in [5, 5.41) is 13.4. The number of hydrogen-bond acceptors (Lipinski definition) is 5. The van der Waals surface area contributed by atoms with Gasteiger partial charge in [-0.25, -0.2) is 0 Å². The van der Waals surface area contributed by atoms with E-state index < -0.39 is 0 Å². The van der Waals surface area contributed by atoms with Crippen LogP contribution in [0.3, 0.4) is 0 Å². The van der Waals surface area contributed by atoms with E-state index in [2.05, 4.69) is 20.4 Å². The molecule has 5 nitrogen and oxygen atoms in total. The lowest BCUT2D eigenvalue weighted by atomic mass is 9.97. The first-order valence-corrected chi connectivity index (χ1v) is 10.5. The minimum atomic E-state index is -0.0553. The van der Waals surface area contributed by atoms with Crippen LogP contribution in [0.5, 0.6) is 0 Å². The van der Waals surface area contributed by atoms with Crippen molar-refractivity contribution in [2.24, 2.45) is 5.92 Å². The van der Waals surface area contributed by atoms with Gasteiger partial charge < -0.3 is 5.32 Å². The molecule has 2 heterocycles. The Morgan fingerprint density at radius 2 is 1.93 bits per heavy atom. The minimum absolute atomic E-state index is 0.0135. The maximum Gasteiger partial charge on any atom is 0.230 e. The number of amides is 1. The standard InChI is InChI=1S/C21H21ClN4OS/c22-18-11-5-4-9-16(18)13-26-12-6-10-17(14-26)19(27)23-21-25-24-20(28-21)15-7-2-1-3-8-15/h1-5,7-9,11,17H,6,10,12-14H2,(H,23,25,27). The second kappa shape index (κ2) is 8.82. The Morgan fingerprint density at radius 3 is 2.75 bits per heavy atom. The average Bonchev–Trinajstić information content (AvgIpc) is 3.19. The Kier molecular flexibility index (Phi) is 6.00. The van der Waals surface area contributed by atoms with E-state index in [4.69, 9.17) is 11.6 Å². The lowest BCUT2D eigenvalue weighted by Crippen LogP contribution is -2.40. The normalized spacial score (nSPS) is 17.4. The van der Waals surface area contributed by atoms with Crippen LogP contribution < -0.4 is 5.32 Å². The molecular weight excluding hydrogens is 392 g/mol. The number of piperidine rings is 1. The van der Waals surface area contributed by atoms with Crippen molar-refractivity contribution in [3.05, 3.63) is 65.2 Å². The predicted octanol–water partition coefficient (Wildman–Crippen LogP) is 4.71. The van der Waals surface area contributed by atoms with Gasteiger partial charge in [-0.3, -0.25) is 9.69 Å². The zero-order chi connectivity index (χ0) is 19.3. The summed E-state index contributed by atoms with van der Waals surface area (Å²) >= 11 is 7.68. The van der Waals surface area contributed by atoms with Gasteiger partial charge in [-0.2, -0.15) is 0 Å². The number of rotatable bonds is 5. The van der Waals surface area contributed by atoms with E-state index in [0.29, 0.717) is 5.13 Å². The van der Waals surface area contributed by atoms with Gasteiger partial charge >= 0.3 is 0 Å². The first kappa shape index (κ1) is 19.1. The van der Waals surface area contributed by atoms with E-state index in [1.165, 1.54) is 11.3 Å². The van der Waals surface area contributed by atoms with Crippen LogP contribution >= 0.6 is 22.9 Å². The van der Waals surface area contributed by atoms with Gasteiger partial charge in [0, 0.05) is 23.7 Å². The van der Waals surface area contributed by atoms with Crippen LogP contribution in [-0.2, 0) is 11.3 Å². The number of nitrogens with zero attached hydrogens (tertiary/aromatic N) is 3. The topological polar surface area (TPSA) is 58.1 Å². The van der Waals surface area contributed by atoms with Crippen LogP contribution in [0, 0.1) is 5.92 Å². The van der Waals surface area contributed by atoms with Crippen molar-refractivity contribution in [2.45, 2.75) is 19.4 Å². The minimum Gasteiger partial charge on any atom is -0.300 e. The molecule has 1 aromatic heterocycles. The molecule has 2 aromatic carbocycles. The fourth-order valence-electron chi connectivity index (χ4n) is 3.46. The molecule has 0 aliphatic carbocycles. The van der Waals surface area contributed by atoms with Gasteiger partial charge in [0.1, 0.15) is 5.01 Å². The summed E-state index contributed by atoms with van der Waals surface area (Å²) in [7, 11) is 0. The third kappa shape index (κ3) is 4.58. The smallest absolute Gasteiger partial charge is 0.230 e. The van der Waals surface area contributed by atoms with Gasteiger partial charge in [-0.15, -0.1) is 10.2 Å². The van der Waals surface area contributed by atoms with Gasteiger partial charge in [0.25, 0.3) is 0 Å². The molecule has 1 N–H and O–H groups in total. The summed E-state index contributed by atoms with van der Waals surface area (Å²) in [5.41, 5.74) is 2.10. The van der Waals surface area contributed by atoms with Crippen molar-refractivity contribution < 1.29 is 4.79 Å². The Labute approximate surface area is 173 Å². The van der Waals surface area contributed by atoms with Crippen molar-refractivity contribution in [1.29, 1.82) is 0 Å². The zero-order valence-corrected chi connectivity index (χ0v) is 16.9. The molecule has 0 saturated carbocycles. The molecule has 3 aromatic rings. The van der Waals surface area contributed by atoms with Crippen molar-refractivity contribution in [1.82, 2.24) is 15.1 Å². The highest BCUT2D eigenvalue weighted by molar-refractivity contribution is 7.18. The lowest BCUT2D eigenvalue weighted by Gasteiger charge is -2.32. The van der Waals surface area contributed by atoms with Crippen molar-refractivity contribution >= 4 is 34.0 Å². The Bertz CT molecular complexity index is 946. The predicted molar refractivity (Wildman–Crippen MR) is 113 cm³/mol. The molecule has 1 unspecified atom stereocenters. The summed E-state index contributed by atoms with van der Waals surface area (Å²) in [6.45, 7) is 2.47. The lowest BCUT2D eigenvalue weighted by molar-refractivity contribution is -0.121. The van der Waals surface area contributed by atoms with Gasteiger partial charge in [-0.1, -0.05) is 71.5 Å². The number of carbonyl (C=O) groups excluding carboxylic acids is 1. The van der Waals surface area contributed by atoms with Gasteiger partial charge in [-0.05, 0) is 31.0 Å². The number of halogens is 1. The van der Waals surface area contributed by atoms with Crippen LogP contribution in [0.1, 0.15) is 18.4 Å². The monoisotopic (exact) mass is 412 g/mol. The van der Waals surface area contributed by atoms with Crippen LogP contribution in [0.25, 0.3) is 10.6 Å². The van der Waals surface area contributed by atoms with Crippen molar-refractivity contribution in [2.75, 3.05) is 18.4 Å². The largest absolute Gasteiger partial charge is 0.300 e. The van der Waals surface area contributed by atoms with Crippen LogP contribution in [0.4, 0.5) is 5.13 Å². The molecule has 0 spiro atoms.